The van der Waals surface area contributed by atoms with Crippen molar-refractivity contribution in [2.24, 2.45) is 5.14 Å². The molecule has 0 bridgehead atoms. The number of rotatable bonds is 3. The number of nitrogens with one attached hydrogen (secondary N) is 1. The standard InChI is InChI=1S/C12H14BrClN2O3S/c13-10-6-8(20(15,18)19)5-9(11(10)14)12(17)16-7-3-1-2-4-7/h5-7H,1-4H2,(H,16,17)(H2,15,18,19). The fraction of sp³-hybridized carbons (Fsp3) is 0.417. The third-order valence-corrected chi connectivity index (χ3v) is 5.42. The first-order valence-electron chi connectivity index (χ1n) is 6.12. The van der Waals surface area contributed by atoms with Crippen LogP contribution >= 0.6 is 27.5 Å². The maximum absolute atomic E-state index is 12.2. The van der Waals surface area contributed by atoms with E-state index in [1.807, 2.05) is 0 Å². The summed E-state index contributed by atoms with van der Waals surface area (Å²) in [6.45, 7) is 0. The van der Waals surface area contributed by atoms with E-state index in [4.69, 9.17) is 16.7 Å². The molecular weight excluding hydrogens is 368 g/mol. The highest BCUT2D eigenvalue weighted by Crippen LogP contribution is 2.30. The number of carbonyl (C=O) groups excluding carboxylic acids is 1. The molecule has 1 aliphatic carbocycles. The number of carbonyl (C=O) groups is 1. The lowest BCUT2D eigenvalue weighted by atomic mass is 10.2. The van der Waals surface area contributed by atoms with Crippen LogP contribution in [0.5, 0.6) is 0 Å². The number of nitrogens with two attached hydrogens (primary N) is 1. The van der Waals surface area contributed by atoms with Gasteiger partial charge in [0.25, 0.3) is 5.91 Å². The van der Waals surface area contributed by atoms with Crippen molar-refractivity contribution < 1.29 is 13.2 Å². The van der Waals surface area contributed by atoms with Crippen molar-refractivity contribution in [3.8, 4) is 0 Å². The fourth-order valence-corrected chi connectivity index (χ4v) is 3.60. The molecule has 0 radical (unpaired) electrons. The molecule has 0 aliphatic heterocycles. The lowest BCUT2D eigenvalue weighted by molar-refractivity contribution is 0.0937. The van der Waals surface area contributed by atoms with Crippen LogP contribution in [0, 0.1) is 0 Å². The second-order valence-corrected chi connectivity index (χ2v) is 7.56. The third-order valence-electron chi connectivity index (χ3n) is 3.27. The zero-order valence-corrected chi connectivity index (χ0v) is 13.7. The molecule has 5 nitrogen and oxygen atoms in total. The van der Waals surface area contributed by atoms with E-state index in [0.717, 1.165) is 25.7 Å². The quantitative estimate of drug-likeness (QED) is 0.842. The topological polar surface area (TPSA) is 89.3 Å². The predicted octanol–water partition coefficient (Wildman–Crippen LogP) is 2.42. The molecule has 0 aromatic heterocycles. The smallest absolute Gasteiger partial charge is 0.253 e. The second-order valence-electron chi connectivity index (χ2n) is 4.77. The first-order chi connectivity index (χ1) is 9.29. The molecular formula is C12H14BrClN2O3S. The van der Waals surface area contributed by atoms with E-state index < -0.39 is 10.0 Å². The summed E-state index contributed by atoms with van der Waals surface area (Å²) in [6, 6.07) is 2.60. The van der Waals surface area contributed by atoms with Crippen LogP contribution in [-0.4, -0.2) is 20.4 Å². The number of benzene rings is 1. The zero-order valence-electron chi connectivity index (χ0n) is 10.5. The van der Waals surface area contributed by atoms with Gasteiger partial charge >= 0.3 is 0 Å². The van der Waals surface area contributed by atoms with Gasteiger partial charge in [0.15, 0.2) is 0 Å². The molecule has 1 fully saturated rings. The summed E-state index contributed by atoms with van der Waals surface area (Å²) in [6.07, 6.45) is 4.03. The van der Waals surface area contributed by atoms with Gasteiger partial charge in [-0.25, -0.2) is 13.6 Å². The van der Waals surface area contributed by atoms with Crippen LogP contribution in [0.1, 0.15) is 36.0 Å². The molecule has 110 valence electrons. The number of hydrogen-bond acceptors (Lipinski definition) is 3. The van der Waals surface area contributed by atoms with Crippen LogP contribution in [0.15, 0.2) is 21.5 Å². The van der Waals surface area contributed by atoms with Gasteiger partial charge in [-0.2, -0.15) is 0 Å². The van der Waals surface area contributed by atoms with Gasteiger partial charge in [-0.1, -0.05) is 24.4 Å². The van der Waals surface area contributed by atoms with Crippen LogP contribution < -0.4 is 10.5 Å². The van der Waals surface area contributed by atoms with Gasteiger partial charge < -0.3 is 5.32 Å². The highest BCUT2D eigenvalue weighted by molar-refractivity contribution is 9.10. The van der Waals surface area contributed by atoms with E-state index in [2.05, 4.69) is 21.2 Å². The van der Waals surface area contributed by atoms with Crippen molar-refractivity contribution in [3.63, 3.8) is 0 Å². The predicted molar refractivity (Wildman–Crippen MR) is 80.2 cm³/mol. The van der Waals surface area contributed by atoms with E-state index in [1.165, 1.54) is 12.1 Å². The van der Waals surface area contributed by atoms with Crippen molar-refractivity contribution in [2.75, 3.05) is 0 Å². The van der Waals surface area contributed by atoms with Crippen molar-refractivity contribution in [1.29, 1.82) is 0 Å². The summed E-state index contributed by atoms with van der Waals surface area (Å²) in [7, 11) is -3.89. The molecule has 1 amide bonds. The summed E-state index contributed by atoms with van der Waals surface area (Å²) < 4.78 is 23.1. The van der Waals surface area contributed by atoms with Crippen LogP contribution in [0.2, 0.25) is 5.02 Å². The van der Waals surface area contributed by atoms with Crippen LogP contribution in [0.3, 0.4) is 0 Å². The number of primary sulfonamides is 1. The van der Waals surface area contributed by atoms with Gasteiger partial charge in [0.2, 0.25) is 10.0 Å². The summed E-state index contributed by atoms with van der Waals surface area (Å²) >= 11 is 9.19. The van der Waals surface area contributed by atoms with E-state index in [-0.39, 0.29) is 27.4 Å². The van der Waals surface area contributed by atoms with Gasteiger partial charge in [-0.15, -0.1) is 0 Å². The molecule has 8 heteroatoms. The van der Waals surface area contributed by atoms with E-state index in [1.54, 1.807) is 0 Å². The summed E-state index contributed by atoms with van der Waals surface area (Å²) in [5.74, 6) is -0.381. The molecule has 0 spiro atoms. The van der Waals surface area contributed by atoms with Crippen LogP contribution in [0.25, 0.3) is 0 Å². The van der Waals surface area contributed by atoms with Gasteiger partial charge in [-0.3, -0.25) is 4.79 Å². The highest BCUT2D eigenvalue weighted by Gasteiger charge is 2.22. The summed E-state index contributed by atoms with van der Waals surface area (Å²) in [4.78, 5) is 12.1. The lowest BCUT2D eigenvalue weighted by Gasteiger charge is -2.14. The van der Waals surface area contributed by atoms with Gasteiger partial charge in [0.05, 0.1) is 15.5 Å². The highest BCUT2D eigenvalue weighted by atomic mass is 79.9. The number of amides is 1. The minimum atomic E-state index is -3.89. The molecule has 1 aromatic carbocycles. The molecule has 1 aromatic rings. The Morgan fingerprint density at radius 2 is 1.95 bits per heavy atom. The Balaban J connectivity index is 2.34. The Kier molecular flexibility index (Phi) is 4.73. The average Bonchev–Trinajstić information content (AvgIpc) is 2.83. The SMILES string of the molecule is NS(=O)(=O)c1cc(Br)c(Cl)c(C(=O)NC2CCCC2)c1. The van der Waals surface area contributed by atoms with Gasteiger partial charge in [-0.05, 0) is 40.9 Å². The van der Waals surface area contributed by atoms with Crippen LogP contribution in [-0.2, 0) is 10.0 Å². The molecule has 1 aliphatic rings. The Morgan fingerprint density at radius 3 is 2.50 bits per heavy atom. The molecule has 0 atom stereocenters. The van der Waals surface area contributed by atoms with E-state index in [9.17, 15) is 13.2 Å². The maximum Gasteiger partial charge on any atom is 0.253 e. The summed E-state index contributed by atoms with van der Waals surface area (Å²) in [5, 5.41) is 8.12. The molecule has 20 heavy (non-hydrogen) atoms. The minimum Gasteiger partial charge on any atom is -0.349 e. The molecule has 0 heterocycles. The lowest BCUT2D eigenvalue weighted by Crippen LogP contribution is -2.33. The number of sulfonamides is 1. The number of halogens is 2. The van der Waals surface area contributed by atoms with Crippen molar-refractivity contribution in [1.82, 2.24) is 5.32 Å². The Bertz CT molecular complexity index is 642. The Hall–Kier alpha value is -0.630. The molecule has 1 saturated carbocycles. The number of hydrogen-bond donors (Lipinski definition) is 2. The monoisotopic (exact) mass is 380 g/mol. The van der Waals surface area contributed by atoms with E-state index >= 15 is 0 Å². The largest absolute Gasteiger partial charge is 0.349 e. The first-order valence-corrected chi connectivity index (χ1v) is 8.83. The van der Waals surface area contributed by atoms with Crippen molar-refractivity contribution >= 4 is 43.5 Å². The van der Waals surface area contributed by atoms with Gasteiger partial charge in [0.1, 0.15) is 0 Å². The molecule has 0 saturated heterocycles. The average molecular weight is 382 g/mol. The molecule has 2 rings (SSSR count). The zero-order chi connectivity index (χ0) is 14.9. The summed E-state index contributed by atoms with van der Waals surface area (Å²) in [5.41, 5.74) is 0.108. The molecule has 3 N–H and O–H groups in total. The fourth-order valence-electron chi connectivity index (χ4n) is 2.23. The maximum atomic E-state index is 12.2. The Morgan fingerprint density at radius 1 is 1.35 bits per heavy atom. The van der Waals surface area contributed by atoms with Crippen LogP contribution in [0.4, 0.5) is 0 Å². The van der Waals surface area contributed by atoms with Gasteiger partial charge in [0, 0.05) is 10.5 Å². The normalized spacial score (nSPS) is 16.4. The minimum absolute atomic E-state index is 0.108. The third kappa shape index (κ3) is 3.52. The van der Waals surface area contributed by atoms with E-state index in [0.29, 0.717) is 4.47 Å². The first kappa shape index (κ1) is 15.8. The van der Waals surface area contributed by atoms with Crippen molar-refractivity contribution in [3.05, 3.63) is 27.2 Å². The van der Waals surface area contributed by atoms with Crippen molar-refractivity contribution in [2.45, 2.75) is 36.6 Å². The Labute approximate surface area is 131 Å². The molecule has 0 unspecified atom stereocenters. The second kappa shape index (κ2) is 6.01.